The first kappa shape index (κ1) is 13.9. The van der Waals surface area contributed by atoms with Crippen molar-refractivity contribution in [2.75, 3.05) is 0 Å². The second-order valence-corrected chi connectivity index (χ2v) is 4.39. The molecule has 2 aromatic rings. The zero-order valence-electron chi connectivity index (χ0n) is 11.1. The molecule has 5 heteroatoms. The number of rotatable bonds is 4. The smallest absolute Gasteiger partial charge is 0.173 e. The molecular weight excluding hydrogens is 256 g/mol. The summed E-state index contributed by atoms with van der Waals surface area (Å²) in [5.74, 6) is 1.05. The van der Waals surface area contributed by atoms with E-state index in [0.717, 1.165) is 11.1 Å². The van der Waals surface area contributed by atoms with Crippen molar-refractivity contribution in [3.05, 3.63) is 59.2 Å². The molecule has 2 aromatic carbocycles. The number of aryl methyl sites for hydroxylation is 1. The fraction of sp³-hybridized carbons (Fsp3) is 0.133. The van der Waals surface area contributed by atoms with Gasteiger partial charge in [-0.05, 0) is 36.8 Å². The molecule has 2 rings (SSSR count). The van der Waals surface area contributed by atoms with Crippen LogP contribution in [0.2, 0.25) is 0 Å². The summed E-state index contributed by atoms with van der Waals surface area (Å²) in [7, 11) is 0. The Morgan fingerprint density at radius 2 is 2.05 bits per heavy atom. The van der Waals surface area contributed by atoms with E-state index in [1.54, 1.807) is 36.4 Å². The van der Waals surface area contributed by atoms with E-state index in [-0.39, 0.29) is 12.4 Å². The quantitative estimate of drug-likeness (QED) is 0.345. The van der Waals surface area contributed by atoms with E-state index >= 15 is 0 Å². The molecule has 0 heterocycles. The lowest BCUT2D eigenvalue weighted by Gasteiger charge is -2.11. The van der Waals surface area contributed by atoms with Gasteiger partial charge in [-0.2, -0.15) is 0 Å². The lowest BCUT2D eigenvalue weighted by molar-refractivity contribution is 0.281. The highest BCUT2D eigenvalue weighted by atomic mass is 16.5. The molecule has 0 atom stereocenters. The van der Waals surface area contributed by atoms with E-state index < -0.39 is 0 Å². The van der Waals surface area contributed by atoms with Gasteiger partial charge in [0.25, 0.3) is 0 Å². The van der Waals surface area contributed by atoms with Crippen LogP contribution in [-0.2, 0) is 6.61 Å². The Kier molecular flexibility index (Phi) is 4.22. The van der Waals surface area contributed by atoms with Crippen molar-refractivity contribution in [3.8, 4) is 11.5 Å². The first-order valence-electron chi connectivity index (χ1n) is 6.10. The maximum Gasteiger partial charge on any atom is 0.173 e. The van der Waals surface area contributed by atoms with Crippen molar-refractivity contribution in [1.82, 2.24) is 0 Å². The molecule has 0 saturated carbocycles. The maximum atomic E-state index is 9.12. The molecule has 0 aliphatic rings. The van der Waals surface area contributed by atoms with Gasteiger partial charge in [-0.25, -0.2) is 0 Å². The molecule has 104 valence electrons. The third-order valence-corrected chi connectivity index (χ3v) is 2.83. The predicted octanol–water partition coefficient (Wildman–Crippen LogP) is 2.37. The molecule has 20 heavy (non-hydrogen) atoms. The lowest BCUT2D eigenvalue weighted by Crippen LogP contribution is -2.14. The van der Waals surface area contributed by atoms with Crippen molar-refractivity contribution in [1.29, 1.82) is 0 Å². The van der Waals surface area contributed by atoms with Crippen LogP contribution in [0.25, 0.3) is 0 Å². The second kappa shape index (κ2) is 6.08. The minimum atomic E-state index is -0.0573. The summed E-state index contributed by atoms with van der Waals surface area (Å²) in [6.07, 6.45) is 0. The monoisotopic (exact) mass is 272 g/mol. The van der Waals surface area contributed by atoms with Crippen LogP contribution in [0.5, 0.6) is 11.5 Å². The predicted molar refractivity (Wildman–Crippen MR) is 76.1 cm³/mol. The highest BCUT2D eigenvalue weighted by Gasteiger charge is 2.10. The van der Waals surface area contributed by atoms with Gasteiger partial charge in [0.2, 0.25) is 0 Å². The Morgan fingerprint density at radius 1 is 1.25 bits per heavy atom. The number of oxime groups is 1. The summed E-state index contributed by atoms with van der Waals surface area (Å²) in [5.41, 5.74) is 7.89. The van der Waals surface area contributed by atoms with Gasteiger partial charge in [-0.3, -0.25) is 0 Å². The van der Waals surface area contributed by atoms with E-state index in [0.29, 0.717) is 17.1 Å². The summed E-state index contributed by atoms with van der Waals surface area (Å²) >= 11 is 0. The van der Waals surface area contributed by atoms with Gasteiger partial charge < -0.3 is 20.8 Å². The van der Waals surface area contributed by atoms with Gasteiger partial charge >= 0.3 is 0 Å². The molecule has 0 fully saturated rings. The van der Waals surface area contributed by atoms with Crippen molar-refractivity contribution < 1.29 is 15.1 Å². The van der Waals surface area contributed by atoms with Gasteiger partial charge in [0, 0.05) is 0 Å². The summed E-state index contributed by atoms with van der Waals surface area (Å²) in [5, 5.41) is 21.0. The minimum absolute atomic E-state index is 0.0120. The van der Waals surface area contributed by atoms with Crippen LogP contribution in [0, 0.1) is 6.92 Å². The van der Waals surface area contributed by atoms with Crippen LogP contribution in [0.3, 0.4) is 0 Å². The summed E-state index contributed by atoms with van der Waals surface area (Å²) in [6, 6.07) is 12.5. The van der Waals surface area contributed by atoms with Gasteiger partial charge in [0.1, 0.15) is 11.5 Å². The summed E-state index contributed by atoms with van der Waals surface area (Å²) in [4.78, 5) is 0. The Balaban J connectivity index is 2.37. The molecule has 0 radical (unpaired) electrons. The van der Waals surface area contributed by atoms with Crippen LogP contribution in [0.15, 0.2) is 47.6 Å². The Morgan fingerprint density at radius 3 is 2.75 bits per heavy atom. The SMILES string of the molecule is Cc1ccc(Oc2cccc(CO)c2)c(/C(N)=N/O)c1. The standard InChI is InChI=1S/C15H16N2O3/c1-10-5-6-14(13(7-10)15(16)17-19)20-12-4-2-3-11(8-12)9-18/h2-8,18-19H,9H2,1H3,(H2,16,17). The summed E-state index contributed by atoms with van der Waals surface area (Å²) < 4.78 is 5.75. The van der Waals surface area contributed by atoms with Crippen LogP contribution < -0.4 is 10.5 Å². The van der Waals surface area contributed by atoms with E-state index in [2.05, 4.69) is 5.16 Å². The second-order valence-electron chi connectivity index (χ2n) is 4.39. The average Bonchev–Trinajstić information content (AvgIpc) is 2.48. The third-order valence-electron chi connectivity index (χ3n) is 2.83. The number of aliphatic hydroxyl groups is 1. The molecule has 0 aromatic heterocycles. The molecule has 0 amide bonds. The van der Waals surface area contributed by atoms with E-state index in [9.17, 15) is 0 Å². The molecule has 4 N–H and O–H groups in total. The molecule has 0 aliphatic heterocycles. The molecule has 0 aliphatic carbocycles. The van der Waals surface area contributed by atoms with E-state index in [1.165, 1.54) is 0 Å². The maximum absolute atomic E-state index is 9.12. The van der Waals surface area contributed by atoms with Crippen LogP contribution >= 0.6 is 0 Å². The van der Waals surface area contributed by atoms with Gasteiger partial charge in [0.05, 0.1) is 12.2 Å². The van der Waals surface area contributed by atoms with Crippen molar-refractivity contribution in [2.24, 2.45) is 10.9 Å². The number of benzene rings is 2. The largest absolute Gasteiger partial charge is 0.457 e. The van der Waals surface area contributed by atoms with Crippen LogP contribution in [0.1, 0.15) is 16.7 Å². The zero-order chi connectivity index (χ0) is 14.5. The van der Waals surface area contributed by atoms with Crippen molar-refractivity contribution in [2.45, 2.75) is 13.5 Å². The Bertz CT molecular complexity index is 639. The first-order chi connectivity index (χ1) is 9.63. The number of amidine groups is 1. The van der Waals surface area contributed by atoms with Crippen molar-refractivity contribution in [3.63, 3.8) is 0 Å². The normalized spacial score (nSPS) is 11.4. The van der Waals surface area contributed by atoms with E-state index in [1.807, 2.05) is 13.0 Å². The van der Waals surface area contributed by atoms with Gasteiger partial charge in [0.15, 0.2) is 5.84 Å². The molecule has 0 bridgehead atoms. The zero-order valence-corrected chi connectivity index (χ0v) is 11.1. The first-order valence-corrected chi connectivity index (χ1v) is 6.10. The number of hydrogen-bond donors (Lipinski definition) is 3. The molecule has 0 spiro atoms. The van der Waals surface area contributed by atoms with Crippen molar-refractivity contribution >= 4 is 5.84 Å². The number of aliphatic hydroxyl groups excluding tert-OH is 1. The van der Waals surface area contributed by atoms with Crippen LogP contribution in [-0.4, -0.2) is 16.1 Å². The van der Waals surface area contributed by atoms with Crippen LogP contribution in [0.4, 0.5) is 0 Å². The van der Waals surface area contributed by atoms with E-state index in [4.69, 9.17) is 20.8 Å². The third kappa shape index (κ3) is 3.07. The lowest BCUT2D eigenvalue weighted by atomic mass is 10.1. The van der Waals surface area contributed by atoms with Gasteiger partial charge in [-0.1, -0.05) is 28.9 Å². The fourth-order valence-corrected chi connectivity index (χ4v) is 1.82. The minimum Gasteiger partial charge on any atom is -0.457 e. The average molecular weight is 272 g/mol. The molecule has 0 saturated heterocycles. The number of ether oxygens (including phenoxy) is 1. The summed E-state index contributed by atoms with van der Waals surface area (Å²) in [6.45, 7) is 1.85. The molecule has 5 nitrogen and oxygen atoms in total. The molecule has 0 unspecified atom stereocenters. The highest BCUT2D eigenvalue weighted by molar-refractivity contribution is 5.99. The number of nitrogens with zero attached hydrogens (tertiary/aromatic N) is 1. The highest BCUT2D eigenvalue weighted by Crippen LogP contribution is 2.26. The Hall–Kier alpha value is -2.53. The van der Waals surface area contributed by atoms with Gasteiger partial charge in [-0.15, -0.1) is 0 Å². The number of nitrogens with two attached hydrogens (primary N) is 1. The molecular formula is C15H16N2O3. The topological polar surface area (TPSA) is 88.1 Å². The Labute approximate surface area is 116 Å². The number of hydrogen-bond acceptors (Lipinski definition) is 4. The fourth-order valence-electron chi connectivity index (χ4n) is 1.82.